The second kappa shape index (κ2) is 5.44. The first-order chi connectivity index (χ1) is 8.58. The lowest BCUT2D eigenvalue weighted by atomic mass is 10.1. The van der Waals surface area contributed by atoms with E-state index in [2.05, 4.69) is 5.32 Å². The molecular formula is C13H15F2NO2. The van der Waals surface area contributed by atoms with Crippen LogP contribution in [0.1, 0.15) is 29.6 Å². The first-order valence-electron chi connectivity index (χ1n) is 5.99. The average molecular weight is 255 g/mol. The molecule has 1 fully saturated rings. The average Bonchev–Trinajstić information content (AvgIpc) is 2.75. The molecule has 0 saturated heterocycles. The molecule has 0 aromatic heterocycles. The number of aliphatic hydroxyl groups is 1. The second-order valence-electron chi connectivity index (χ2n) is 4.60. The number of nitrogens with one attached hydrogen (secondary N) is 1. The lowest BCUT2D eigenvalue weighted by molar-refractivity contribution is 0.0916. The molecule has 18 heavy (non-hydrogen) atoms. The van der Waals surface area contributed by atoms with E-state index in [4.69, 9.17) is 0 Å². The van der Waals surface area contributed by atoms with E-state index >= 15 is 0 Å². The van der Waals surface area contributed by atoms with E-state index in [9.17, 15) is 18.7 Å². The molecule has 2 unspecified atom stereocenters. The second-order valence-corrected chi connectivity index (χ2v) is 4.60. The fourth-order valence-corrected chi connectivity index (χ4v) is 2.22. The highest BCUT2D eigenvalue weighted by Gasteiger charge is 2.25. The molecule has 1 saturated carbocycles. The molecule has 1 aromatic rings. The smallest absolute Gasteiger partial charge is 0.251 e. The fraction of sp³-hybridized carbons (Fsp3) is 0.462. The van der Waals surface area contributed by atoms with E-state index in [1.54, 1.807) is 0 Å². The highest BCUT2D eigenvalue weighted by molar-refractivity contribution is 5.94. The Morgan fingerprint density at radius 2 is 2.11 bits per heavy atom. The number of hydrogen-bond acceptors (Lipinski definition) is 2. The van der Waals surface area contributed by atoms with Crippen molar-refractivity contribution in [2.24, 2.45) is 5.92 Å². The molecule has 0 spiro atoms. The van der Waals surface area contributed by atoms with Crippen molar-refractivity contribution in [2.75, 3.05) is 6.54 Å². The van der Waals surface area contributed by atoms with Crippen LogP contribution in [0.4, 0.5) is 8.78 Å². The SMILES string of the molecule is O=C(NCC1CCCC1O)c1ccc(F)c(F)c1. The van der Waals surface area contributed by atoms with Crippen molar-refractivity contribution in [3.05, 3.63) is 35.4 Å². The Bertz CT molecular complexity index is 451. The zero-order valence-corrected chi connectivity index (χ0v) is 9.83. The van der Waals surface area contributed by atoms with Gasteiger partial charge in [-0.2, -0.15) is 0 Å². The van der Waals surface area contributed by atoms with Crippen LogP contribution in [0, 0.1) is 17.6 Å². The van der Waals surface area contributed by atoms with Crippen LogP contribution in [0.15, 0.2) is 18.2 Å². The summed E-state index contributed by atoms with van der Waals surface area (Å²) in [6, 6.07) is 3.03. The highest BCUT2D eigenvalue weighted by atomic mass is 19.2. The molecule has 98 valence electrons. The number of rotatable bonds is 3. The molecule has 0 bridgehead atoms. The van der Waals surface area contributed by atoms with Gasteiger partial charge in [-0.25, -0.2) is 8.78 Å². The third-order valence-electron chi connectivity index (χ3n) is 3.33. The molecule has 2 rings (SSSR count). The van der Waals surface area contributed by atoms with Crippen LogP contribution in [0.3, 0.4) is 0 Å². The van der Waals surface area contributed by atoms with Gasteiger partial charge in [-0.1, -0.05) is 6.42 Å². The summed E-state index contributed by atoms with van der Waals surface area (Å²) < 4.78 is 25.7. The molecule has 1 aliphatic rings. The molecule has 0 radical (unpaired) electrons. The van der Waals surface area contributed by atoms with Gasteiger partial charge in [0.1, 0.15) is 0 Å². The van der Waals surface area contributed by atoms with Gasteiger partial charge in [0.05, 0.1) is 6.10 Å². The Hall–Kier alpha value is -1.49. The van der Waals surface area contributed by atoms with Crippen molar-refractivity contribution in [1.82, 2.24) is 5.32 Å². The van der Waals surface area contributed by atoms with E-state index in [1.165, 1.54) is 6.07 Å². The number of halogens is 2. The van der Waals surface area contributed by atoms with Crippen molar-refractivity contribution < 1.29 is 18.7 Å². The minimum absolute atomic E-state index is 0.0549. The first-order valence-corrected chi connectivity index (χ1v) is 5.99. The van der Waals surface area contributed by atoms with Crippen molar-refractivity contribution in [2.45, 2.75) is 25.4 Å². The molecule has 5 heteroatoms. The van der Waals surface area contributed by atoms with Crippen LogP contribution in [-0.4, -0.2) is 23.7 Å². The van der Waals surface area contributed by atoms with Crippen LogP contribution in [-0.2, 0) is 0 Å². The van der Waals surface area contributed by atoms with E-state index in [0.717, 1.165) is 31.4 Å². The molecular weight excluding hydrogens is 240 g/mol. The summed E-state index contributed by atoms with van der Waals surface area (Å²) in [6.07, 6.45) is 2.20. The highest BCUT2D eigenvalue weighted by Crippen LogP contribution is 2.24. The van der Waals surface area contributed by atoms with Crippen LogP contribution in [0.5, 0.6) is 0 Å². The predicted octanol–water partition coefficient (Wildman–Crippen LogP) is 1.86. The number of amides is 1. The molecule has 3 nitrogen and oxygen atoms in total. The van der Waals surface area contributed by atoms with Gasteiger partial charge in [-0.05, 0) is 31.0 Å². The minimum Gasteiger partial charge on any atom is -0.393 e. The van der Waals surface area contributed by atoms with Crippen molar-refractivity contribution in [3.8, 4) is 0 Å². The number of carbonyl (C=O) groups excluding carboxylic acids is 1. The number of benzene rings is 1. The van der Waals surface area contributed by atoms with Gasteiger partial charge in [-0.3, -0.25) is 4.79 Å². The van der Waals surface area contributed by atoms with E-state index in [-0.39, 0.29) is 17.6 Å². The third kappa shape index (κ3) is 2.85. The van der Waals surface area contributed by atoms with Crippen LogP contribution < -0.4 is 5.32 Å². The van der Waals surface area contributed by atoms with Crippen molar-refractivity contribution >= 4 is 5.91 Å². The summed E-state index contributed by atoms with van der Waals surface area (Å²) in [7, 11) is 0. The van der Waals surface area contributed by atoms with Crippen LogP contribution >= 0.6 is 0 Å². The van der Waals surface area contributed by atoms with Gasteiger partial charge >= 0.3 is 0 Å². The maximum atomic E-state index is 12.9. The summed E-state index contributed by atoms with van der Waals surface area (Å²) in [5.41, 5.74) is 0.0846. The monoisotopic (exact) mass is 255 g/mol. The molecule has 1 aliphatic carbocycles. The van der Waals surface area contributed by atoms with Crippen LogP contribution in [0.25, 0.3) is 0 Å². The van der Waals surface area contributed by atoms with E-state index < -0.39 is 17.5 Å². The Morgan fingerprint density at radius 1 is 1.33 bits per heavy atom. The van der Waals surface area contributed by atoms with Gasteiger partial charge in [0.25, 0.3) is 5.91 Å². The van der Waals surface area contributed by atoms with Gasteiger partial charge in [0.15, 0.2) is 11.6 Å². The number of carbonyl (C=O) groups is 1. The summed E-state index contributed by atoms with van der Waals surface area (Å²) >= 11 is 0. The predicted molar refractivity (Wildman–Crippen MR) is 62.0 cm³/mol. The Labute approximate surface area is 104 Å². The summed E-state index contributed by atoms with van der Waals surface area (Å²) in [5, 5.41) is 12.2. The molecule has 0 aliphatic heterocycles. The fourth-order valence-electron chi connectivity index (χ4n) is 2.22. The zero-order chi connectivity index (χ0) is 13.1. The molecule has 2 atom stereocenters. The largest absolute Gasteiger partial charge is 0.393 e. The quantitative estimate of drug-likeness (QED) is 0.866. The van der Waals surface area contributed by atoms with Gasteiger partial charge < -0.3 is 10.4 Å². The van der Waals surface area contributed by atoms with Crippen molar-refractivity contribution in [3.63, 3.8) is 0 Å². The van der Waals surface area contributed by atoms with E-state index in [0.29, 0.717) is 6.54 Å². The summed E-state index contributed by atoms with van der Waals surface area (Å²) in [5.74, 6) is -2.41. The van der Waals surface area contributed by atoms with Gasteiger partial charge in [0.2, 0.25) is 0 Å². The summed E-state index contributed by atoms with van der Waals surface area (Å²) in [6.45, 7) is 0.360. The van der Waals surface area contributed by atoms with E-state index in [1.807, 2.05) is 0 Å². The van der Waals surface area contributed by atoms with Crippen LogP contribution in [0.2, 0.25) is 0 Å². The molecule has 1 amide bonds. The first kappa shape index (κ1) is 13.0. The topological polar surface area (TPSA) is 49.3 Å². The Morgan fingerprint density at radius 3 is 2.72 bits per heavy atom. The number of hydrogen-bond donors (Lipinski definition) is 2. The summed E-state index contributed by atoms with van der Waals surface area (Å²) in [4.78, 5) is 11.7. The van der Waals surface area contributed by atoms with Crippen molar-refractivity contribution in [1.29, 1.82) is 0 Å². The van der Waals surface area contributed by atoms with Gasteiger partial charge in [0, 0.05) is 18.0 Å². The number of aliphatic hydroxyl groups excluding tert-OH is 1. The third-order valence-corrected chi connectivity index (χ3v) is 3.33. The maximum absolute atomic E-state index is 12.9. The lowest BCUT2D eigenvalue weighted by Gasteiger charge is -2.15. The maximum Gasteiger partial charge on any atom is 0.251 e. The standard InChI is InChI=1S/C13H15F2NO2/c14-10-5-4-8(6-11(10)15)13(18)16-7-9-2-1-3-12(9)17/h4-6,9,12,17H,1-3,7H2,(H,16,18). The molecule has 1 aromatic carbocycles. The Kier molecular flexibility index (Phi) is 3.91. The molecule has 2 N–H and O–H groups in total. The zero-order valence-electron chi connectivity index (χ0n) is 9.83. The minimum atomic E-state index is -1.04. The Balaban J connectivity index is 1.93. The molecule has 0 heterocycles. The lowest BCUT2D eigenvalue weighted by Crippen LogP contribution is -2.32. The normalized spacial score (nSPS) is 23.1. The van der Waals surface area contributed by atoms with Gasteiger partial charge in [-0.15, -0.1) is 0 Å².